The van der Waals surface area contributed by atoms with Crippen molar-refractivity contribution in [2.75, 3.05) is 21.3 Å². The Balaban J connectivity index is 1.89. The Morgan fingerprint density at radius 3 is 2.61 bits per heavy atom. The van der Waals surface area contributed by atoms with Crippen LogP contribution < -0.4 is 9.03 Å². The molecule has 124 valence electrons. The van der Waals surface area contributed by atoms with Crippen molar-refractivity contribution in [3.63, 3.8) is 0 Å². The molecule has 23 heavy (non-hydrogen) atoms. The van der Waals surface area contributed by atoms with Gasteiger partial charge in [-0.05, 0) is 36.1 Å². The summed E-state index contributed by atoms with van der Waals surface area (Å²) in [5, 5.41) is 1.85. The minimum Gasteiger partial charge on any atom is -0.279 e. The first kappa shape index (κ1) is 16.6. The molecule has 0 unspecified atom stereocenters. The fourth-order valence-electron chi connectivity index (χ4n) is 2.30. The van der Waals surface area contributed by atoms with Crippen LogP contribution in [0.5, 0.6) is 0 Å². The SMILES string of the molecule is O=S(=O)(Nc1ccc(N2CCCS2(=O)=O)c(Cl)c1)c1cccs1. The zero-order valence-corrected chi connectivity index (χ0v) is 15.0. The monoisotopic (exact) mass is 392 g/mol. The van der Waals surface area contributed by atoms with Gasteiger partial charge in [-0.2, -0.15) is 0 Å². The Bertz CT molecular complexity index is 924. The normalized spacial score (nSPS) is 17.3. The van der Waals surface area contributed by atoms with Crippen molar-refractivity contribution < 1.29 is 16.8 Å². The number of halogens is 1. The fourth-order valence-corrected chi connectivity index (χ4v) is 6.26. The second-order valence-electron chi connectivity index (χ2n) is 4.95. The molecule has 0 atom stereocenters. The predicted molar refractivity (Wildman–Crippen MR) is 92.3 cm³/mol. The number of hydrogen-bond donors (Lipinski definition) is 1. The van der Waals surface area contributed by atoms with Crippen LogP contribution in [-0.2, 0) is 20.0 Å². The number of nitrogens with zero attached hydrogens (tertiary/aromatic N) is 1. The van der Waals surface area contributed by atoms with Crippen LogP contribution in [-0.4, -0.2) is 29.1 Å². The summed E-state index contributed by atoms with van der Waals surface area (Å²) in [6.45, 7) is 0.377. The standard InChI is InChI=1S/C13H13ClN2O4S3/c14-11-9-10(15-23(19,20)13-3-1-7-21-13)4-5-12(11)16-6-2-8-22(16,17)18/h1,3-5,7,9,15H,2,6,8H2. The number of benzene rings is 1. The van der Waals surface area contributed by atoms with Crippen LogP contribution in [0.25, 0.3) is 0 Å². The topological polar surface area (TPSA) is 83.6 Å². The van der Waals surface area contributed by atoms with Crippen molar-refractivity contribution in [3.8, 4) is 0 Å². The molecule has 6 nitrogen and oxygen atoms in total. The van der Waals surface area contributed by atoms with Crippen LogP contribution in [0.3, 0.4) is 0 Å². The fraction of sp³-hybridized carbons (Fsp3) is 0.231. The molecule has 1 aromatic heterocycles. The number of thiophene rings is 1. The Morgan fingerprint density at radius 2 is 2.04 bits per heavy atom. The van der Waals surface area contributed by atoms with Crippen molar-refractivity contribution in [2.45, 2.75) is 10.6 Å². The van der Waals surface area contributed by atoms with E-state index in [4.69, 9.17) is 11.6 Å². The third kappa shape index (κ3) is 3.32. The average Bonchev–Trinajstić information content (AvgIpc) is 3.08. The highest BCUT2D eigenvalue weighted by Crippen LogP contribution is 2.33. The second-order valence-corrected chi connectivity index (χ2v) is 10.2. The molecule has 0 saturated carbocycles. The lowest BCUT2D eigenvalue weighted by Crippen LogP contribution is -2.25. The van der Waals surface area contributed by atoms with Gasteiger partial charge in [0.1, 0.15) is 4.21 Å². The molecular formula is C13H13ClN2O4S3. The van der Waals surface area contributed by atoms with Gasteiger partial charge < -0.3 is 0 Å². The van der Waals surface area contributed by atoms with Gasteiger partial charge in [-0.3, -0.25) is 9.03 Å². The van der Waals surface area contributed by atoms with E-state index in [1.54, 1.807) is 11.4 Å². The zero-order valence-electron chi connectivity index (χ0n) is 11.8. The summed E-state index contributed by atoms with van der Waals surface area (Å²) in [7, 11) is -7.00. The molecule has 1 aromatic carbocycles. The number of anilines is 2. The maximum atomic E-state index is 12.2. The third-order valence-corrected chi connectivity index (χ3v) is 8.26. The minimum atomic E-state index is -3.66. The van der Waals surface area contributed by atoms with E-state index in [9.17, 15) is 16.8 Å². The molecule has 0 amide bonds. The Morgan fingerprint density at radius 1 is 1.26 bits per heavy atom. The van der Waals surface area contributed by atoms with Crippen LogP contribution in [0.2, 0.25) is 5.02 Å². The molecule has 10 heteroatoms. The van der Waals surface area contributed by atoms with Crippen LogP contribution >= 0.6 is 22.9 Å². The van der Waals surface area contributed by atoms with Gasteiger partial charge >= 0.3 is 0 Å². The summed E-state index contributed by atoms with van der Waals surface area (Å²) in [5.74, 6) is 0.0933. The summed E-state index contributed by atoms with van der Waals surface area (Å²) < 4.78 is 52.1. The quantitative estimate of drug-likeness (QED) is 0.867. The van der Waals surface area contributed by atoms with E-state index in [1.165, 1.54) is 28.6 Å². The number of nitrogens with one attached hydrogen (secondary N) is 1. The number of sulfonamides is 2. The summed E-state index contributed by atoms with van der Waals surface area (Å²) in [4.78, 5) is 0. The Kier molecular flexibility index (Phi) is 4.30. The van der Waals surface area contributed by atoms with Crippen LogP contribution in [0, 0.1) is 0 Å². The smallest absolute Gasteiger partial charge is 0.271 e. The highest BCUT2D eigenvalue weighted by molar-refractivity contribution is 7.94. The van der Waals surface area contributed by atoms with Gasteiger partial charge in [0.15, 0.2) is 0 Å². The van der Waals surface area contributed by atoms with Gasteiger partial charge in [0.2, 0.25) is 10.0 Å². The van der Waals surface area contributed by atoms with E-state index in [0.717, 1.165) is 11.3 Å². The highest BCUT2D eigenvalue weighted by atomic mass is 35.5. The minimum absolute atomic E-state index is 0.0933. The summed E-state index contributed by atoms with van der Waals surface area (Å²) in [6.07, 6.45) is 0.547. The van der Waals surface area contributed by atoms with Crippen LogP contribution in [0.4, 0.5) is 11.4 Å². The zero-order chi connectivity index (χ0) is 16.7. The Labute approximate surface area is 143 Å². The lowest BCUT2D eigenvalue weighted by atomic mass is 10.3. The van der Waals surface area contributed by atoms with Crippen molar-refractivity contribution >= 4 is 54.4 Å². The Hall–Kier alpha value is -1.29. The van der Waals surface area contributed by atoms with E-state index >= 15 is 0 Å². The summed E-state index contributed by atoms with van der Waals surface area (Å²) >= 11 is 7.26. The van der Waals surface area contributed by atoms with E-state index in [-0.39, 0.29) is 20.7 Å². The molecular weight excluding hydrogens is 380 g/mol. The van der Waals surface area contributed by atoms with Crippen molar-refractivity contribution in [3.05, 3.63) is 40.7 Å². The number of rotatable bonds is 4. The molecule has 0 aliphatic carbocycles. The van der Waals surface area contributed by atoms with E-state index in [1.807, 2.05) is 0 Å². The first-order valence-corrected chi connectivity index (χ1v) is 11.0. The first-order valence-electron chi connectivity index (χ1n) is 6.66. The van der Waals surface area contributed by atoms with Crippen LogP contribution in [0.15, 0.2) is 39.9 Å². The van der Waals surface area contributed by atoms with Gasteiger partial charge in [-0.25, -0.2) is 16.8 Å². The molecule has 2 aromatic rings. The summed E-state index contributed by atoms with van der Waals surface area (Å²) in [5.41, 5.74) is 0.645. The van der Waals surface area contributed by atoms with Gasteiger partial charge in [-0.15, -0.1) is 11.3 Å². The maximum Gasteiger partial charge on any atom is 0.271 e. The molecule has 1 aliphatic heterocycles. The second kappa shape index (κ2) is 5.97. The predicted octanol–water partition coefficient (Wildman–Crippen LogP) is 2.74. The van der Waals surface area contributed by atoms with Crippen molar-refractivity contribution in [1.29, 1.82) is 0 Å². The molecule has 1 saturated heterocycles. The van der Waals surface area contributed by atoms with E-state index in [2.05, 4.69) is 4.72 Å². The molecule has 1 fully saturated rings. The van der Waals surface area contributed by atoms with E-state index in [0.29, 0.717) is 18.7 Å². The molecule has 1 N–H and O–H groups in total. The van der Waals surface area contributed by atoms with Crippen LogP contribution in [0.1, 0.15) is 6.42 Å². The first-order chi connectivity index (χ1) is 10.8. The lowest BCUT2D eigenvalue weighted by molar-refractivity contribution is 0.598. The van der Waals surface area contributed by atoms with E-state index < -0.39 is 20.0 Å². The van der Waals surface area contributed by atoms with Gasteiger partial charge in [0, 0.05) is 6.54 Å². The molecule has 0 radical (unpaired) electrons. The summed E-state index contributed by atoms with van der Waals surface area (Å²) in [6, 6.07) is 7.57. The maximum absolute atomic E-state index is 12.2. The highest BCUT2D eigenvalue weighted by Gasteiger charge is 2.30. The number of hydrogen-bond acceptors (Lipinski definition) is 5. The lowest BCUT2D eigenvalue weighted by Gasteiger charge is -2.19. The van der Waals surface area contributed by atoms with Gasteiger partial charge in [0.25, 0.3) is 10.0 Å². The largest absolute Gasteiger partial charge is 0.279 e. The molecule has 0 bridgehead atoms. The molecule has 1 aliphatic rings. The molecule has 2 heterocycles. The average molecular weight is 393 g/mol. The van der Waals surface area contributed by atoms with Gasteiger partial charge in [-0.1, -0.05) is 17.7 Å². The van der Waals surface area contributed by atoms with Crippen molar-refractivity contribution in [1.82, 2.24) is 0 Å². The van der Waals surface area contributed by atoms with Crippen molar-refractivity contribution in [2.24, 2.45) is 0 Å². The third-order valence-electron chi connectivity index (χ3n) is 3.33. The molecule has 0 spiro atoms. The molecule has 3 rings (SSSR count). The van der Waals surface area contributed by atoms with Gasteiger partial charge in [0.05, 0.1) is 22.2 Å².